The van der Waals surface area contributed by atoms with E-state index in [-0.39, 0.29) is 17.9 Å². The first-order valence-electron chi connectivity index (χ1n) is 5.39. The maximum absolute atomic E-state index is 11.8. The van der Waals surface area contributed by atoms with Gasteiger partial charge < -0.3 is 10.6 Å². The van der Waals surface area contributed by atoms with E-state index in [1.807, 2.05) is 11.8 Å². The third-order valence-electron chi connectivity index (χ3n) is 2.38. The number of hydrogen-bond donors (Lipinski definition) is 3. The van der Waals surface area contributed by atoms with Crippen molar-refractivity contribution in [3.05, 3.63) is 0 Å². The lowest BCUT2D eigenvalue weighted by molar-refractivity contribution is -0.127. The van der Waals surface area contributed by atoms with Crippen LogP contribution in [0.2, 0.25) is 0 Å². The van der Waals surface area contributed by atoms with Crippen LogP contribution in [0.25, 0.3) is 0 Å². The monoisotopic (exact) mass is 262 g/mol. The van der Waals surface area contributed by atoms with Crippen molar-refractivity contribution in [2.45, 2.75) is 31.8 Å². The Labute approximate surface area is 106 Å². The number of amides is 2. The van der Waals surface area contributed by atoms with Crippen LogP contribution < -0.4 is 10.6 Å². The minimum absolute atomic E-state index is 0.127. The fourth-order valence-electron chi connectivity index (χ4n) is 1.60. The first-order chi connectivity index (χ1) is 7.63. The molecule has 0 aliphatic carbocycles. The molecular weight excluding hydrogens is 244 g/mol. The zero-order valence-electron chi connectivity index (χ0n) is 9.36. The summed E-state index contributed by atoms with van der Waals surface area (Å²) >= 11 is 5.92. The van der Waals surface area contributed by atoms with E-state index in [2.05, 4.69) is 23.3 Å². The van der Waals surface area contributed by atoms with Gasteiger partial charge in [0.05, 0.1) is 0 Å². The van der Waals surface area contributed by atoms with Crippen molar-refractivity contribution < 1.29 is 9.59 Å². The molecule has 2 N–H and O–H groups in total. The van der Waals surface area contributed by atoms with Gasteiger partial charge in [0.2, 0.25) is 11.8 Å². The highest BCUT2D eigenvalue weighted by Gasteiger charge is 2.22. The minimum Gasteiger partial charge on any atom is -0.351 e. The molecule has 4 nitrogen and oxygen atoms in total. The Balaban J connectivity index is 2.38. The van der Waals surface area contributed by atoms with E-state index in [1.165, 1.54) is 12.7 Å². The van der Waals surface area contributed by atoms with E-state index < -0.39 is 6.04 Å². The van der Waals surface area contributed by atoms with Crippen LogP contribution in [0, 0.1) is 0 Å². The van der Waals surface area contributed by atoms with E-state index in [9.17, 15) is 9.59 Å². The molecule has 2 unspecified atom stereocenters. The van der Waals surface area contributed by atoms with Crippen molar-refractivity contribution in [2.24, 2.45) is 0 Å². The average Bonchev–Trinajstić information content (AvgIpc) is 2.26. The summed E-state index contributed by atoms with van der Waals surface area (Å²) in [6.45, 7) is 1.40. The molecule has 16 heavy (non-hydrogen) atoms. The Morgan fingerprint density at radius 1 is 1.56 bits per heavy atom. The van der Waals surface area contributed by atoms with Gasteiger partial charge in [-0.25, -0.2) is 0 Å². The van der Waals surface area contributed by atoms with E-state index in [1.54, 1.807) is 0 Å². The van der Waals surface area contributed by atoms with Crippen LogP contribution in [-0.2, 0) is 9.59 Å². The Morgan fingerprint density at radius 2 is 2.31 bits per heavy atom. The molecule has 1 rings (SSSR count). The highest BCUT2D eigenvalue weighted by molar-refractivity contribution is 7.99. The summed E-state index contributed by atoms with van der Waals surface area (Å²) in [6, 6.07) is -0.282. The third-order valence-corrected chi connectivity index (χ3v) is 3.96. The molecule has 0 aromatic rings. The van der Waals surface area contributed by atoms with Gasteiger partial charge in [-0.15, -0.1) is 0 Å². The number of nitrogens with one attached hydrogen (secondary N) is 2. The predicted molar refractivity (Wildman–Crippen MR) is 69.9 cm³/mol. The van der Waals surface area contributed by atoms with Crippen molar-refractivity contribution >= 4 is 36.2 Å². The predicted octanol–water partition coefficient (Wildman–Crippen LogP) is 0.433. The summed E-state index contributed by atoms with van der Waals surface area (Å²) in [4.78, 5) is 22.7. The molecule has 1 heterocycles. The summed E-state index contributed by atoms with van der Waals surface area (Å²) in [5, 5.41) is 5.54. The second kappa shape index (κ2) is 7.06. The quantitative estimate of drug-likeness (QED) is 0.644. The van der Waals surface area contributed by atoms with Crippen molar-refractivity contribution in [1.82, 2.24) is 10.6 Å². The van der Waals surface area contributed by atoms with E-state index in [0.717, 1.165) is 18.6 Å². The van der Waals surface area contributed by atoms with Gasteiger partial charge in [-0.05, 0) is 18.6 Å². The van der Waals surface area contributed by atoms with Gasteiger partial charge in [-0.2, -0.15) is 24.4 Å². The largest absolute Gasteiger partial charge is 0.351 e. The Morgan fingerprint density at radius 3 is 2.81 bits per heavy atom. The van der Waals surface area contributed by atoms with Gasteiger partial charge in [0.25, 0.3) is 0 Å². The summed E-state index contributed by atoms with van der Waals surface area (Å²) in [7, 11) is 0. The molecule has 0 saturated carbocycles. The second-order valence-corrected chi connectivity index (χ2v) is 5.37. The molecule has 0 spiro atoms. The van der Waals surface area contributed by atoms with Crippen molar-refractivity contribution in [3.63, 3.8) is 0 Å². The zero-order valence-corrected chi connectivity index (χ0v) is 11.1. The smallest absolute Gasteiger partial charge is 0.243 e. The third kappa shape index (κ3) is 4.65. The first-order valence-corrected chi connectivity index (χ1v) is 7.18. The number of thioether (sulfide) groups is 1. The fourth-order valence-corrected chi connectivity index (χ4v) is 2.92. The maximum Gasteiger partial charge on any atom is 0.243 e. The summed E-state index contributed by atoms with van der Waals surface area (Å²) < 4.78 is 0. The molecule has 0 aromatic heterocycles. The van der Waals surface area contributed by atoms with E-state index >= 15 is 0 Å². The molecule has 0 radical (unpaired) electrons. The first kappa shape index (κ1) is 13.7. The molecule has 1 aliphatic rings. The number of thiol groups is 1. The topological polar surface area (TPSA) is 58.2 Å². The molecule has 1 fully saturated rings. The lowest BCUT2D eigenvalue weighted by atomic mass is 10.1. The zero-order chi connectivity index (χ0) is 12.0. The Bertz CT molecular complexity index is 255. The molecule has 1 aliphatic heterocycles. The van der Waals surface area contributed by atoms with Gasteiger partial charge >= 0.3 is 0 Å². The standard InChI is InChI=1S/C10H18N2O2S2/c1-7(13)11-9(5-15)10(14)12-8-3-2-4-16-6-8/h8-9,15H,2-6H2,1H3,(H,11,13)(H,12,14). The number of hydrogen-bond acceptors (Lipinski definition) is 4. The van der Waals surface area contributed by atoms with Crippen LogP contribution in [0.5, 0.6) is 0 Å². The van der Waals surface area contributed by atoms with Crippen LogP contribution in [-0.4, -0.2) is 41.2 Å². The maximum atomic E-state index is 11.8. The lowest BCUT2D eigenvalue weighted by Crippen LogP contribution is -2.51. The summed E-state index contributed by atoms with van der Waals surface area (Å²) in [6.07, 6.45) is 2.17. The highest BCUT2D eigenvalue weighted by Crippen LogP contribution is 2.16. The lowest BCUT2D eigenvalue weighted by Gasteiger charge is -2.25. The van der Waals surface area contributed by atoms with Crippen molar-refractivity contribution in [3.8, 4) is 0 Å². The van der Waals surface area contributed by atoms with Crippen LogP contribution >= 0.6 is 24.4 Å². The van der Waals surface area contributed by atoms with E-state index in [4.69, 9.17) is 0 Å². The molecule has 6 heteroatoms. The second-order valence-electron chi connectivity index (χ2n) is 3.86. The molecule has 2 atom stereocenters. The van der Waals surface area contributed by atoms with Gasteiger partial charge in [0.1, 0.15) is 6.04 Å². The van der Waals surface area contributed by atoms with Crippen LogP contribution in [0.4, 0.5) is 0 Å². The van der Waals surface area contributed by atoms with Gasteiger partial charge in [-0.3, -0.25) is 9.59 Å². The number of carbonyl (C=O) groups is 2. The molecule has 2 amide bonds. The average molecular weight is 262 g/mol. The molecule has 0 bridgehead atoms. The summed E-state index contributed by atoms with van der Waals surface area (Å²) in [5.41, 5.74) is 0. The Kier molecular flexibility index (Phi) is 6.05. The molecule has 92 valence electrons. The van der Waals surface area contributed by atoms with Gasteiger partial charge in [0, 0.05) is 24.5 Å². The SMILES string of the molecule is CC(=O)NC(CS)C(=O)NC1CCCSC1. The molecule has 0 aromatic carbocycles. The van der Waals surface area contributed by atoms with Gasteiger partial charge in [0.15, 0.2) is 0 Å². The minimum atomic E-state index is -0.521. The normalized spacial score (nSPS) is 22.2. The highest BCUT2D eigenvalue weighted by atomic mass is 32.2. The summed E-state index contributed by atoms with van der Waals surface area (Å²) in [5.74, 6) is 2.13. The van der Waals surface area contributed by atoms with Crippen molar-refractivity contribution in [1.29, 1.82) is 0 Å². The van der Waals surface area contributed by atoms with Gasteiger partial charge in [-0.1, -0.05) is 0 Å². The Hall–Kier alpha value is -0.360. The van der Waals surface area contributed by atoms with E-state index in [0.29, 0.717) is 5.75 Å². The molecular formula is C10H18N2O2S2. The fraction of sp³-hybridized carbons (Fsp3) is 0.800. The van der Waals surface area contributed by atoms with Crippen LogP contribution in [0.15, 0.2) is 0 Å². The van der Waals surface area contributed by atoms with Crippen molar-refractivity contribution in [2.75, 3.05) is 17.3 Å². The van der Waals surface area contributed by atoms with Crippen LogP contribution in [0.1, 0.15) is 19.8 Å². The number of rotatable bonds is 4. The molecule has 1 saturated heterocycles. The van der Waals surface area contributed by atoms with Crippen LogP contribution in [0.3, 0.4) is 0 Å². The number of carbonyl (C=O) groups excluding carboxylic acids is 2.